The minimum Gasteiger partial charge on any atom is -0.399 e. The van der Waals surface area contributed by atoms with Crippen molar-refractivity contribution in [1.82, 2.24) is 0 Å². The first-order valence-corrected chi connectivity index (χ1v) is 8.16. The molecule has 0 saturated carbocycles. The first kappa shape index (κ1) is 17.8. The number of hydrogen-bond donors (Lipinski definition) is 1. The van der Waals surface area contributed by atoms with E-state index in [-0.39, 0.29) is 5.91 Å². The van der Waals surface area contributed by atoms with Gasteiger partial charge in [0.05, 0.1) is 5.41 Å². The molecule has 0 saturated heterocycles. The van der Waals surface area contributed by atoms with Crippen molar-refractivity contribution in [3.63, 3.8) is 0 Å². The lowest BCUT2D eigenvalue weighted by Gasteiger charge is -2.29. The summed E-state index contributed by atoms with van der Waals surface area (Å²) >= 11 is 0. The van der Waals surface area contributed by atoms with E-state index in [1.165, 1.54) is 0 Å². The van der Waals surface area contributed by atoms with E-state index in [4.69, 9.17) is 15.2 Å². The van der Waals surface area contributed by atoms with E-state index in [0.717, 1.165) is 11.3 Å². The number of rotatable bonds is 8. The van der Waals surface area contributed by atoms with Crippen molar-refractivity contribution in [3.8, 4) is 0 Å². The lowest BCUT2D eigenvalue weighted by Crippen LogP contribution is -2.43. The molecule has 1 amide bonds. The van der Waals surface area contributed by atoms with E-state index in [9.17, 15) is 4.79 Å². The Hall–Kier alpha value is -1.59. The van der Waals surface area contributed by atoms with Crippen LogP contribution >= 0.6 is 0 Å². The molecule has 0 bridgehead atoms. The van der Waals surface area contributed by atoms with Gasteiger partial charge in [-0.3, -0.25) is 4.79 Å². The fraction of sp³-hybridized carbons (Fsp3) is 0.611. The van der Waals surface area contributed by atoms with Crippen LogP contribution in [0.4, 0.5) is 11.4 Å². The molecule has 5 heteroatoms. The molecule has 0 aliphatic carbocycles. The lowest BCUT2D eigenvalue weighted by molar-refractivity contribution is -0.124. The molecular formula is C18H28N2O3. The zero-order valence-corrected chi connectivity index (χ0v) is 14.6. The summed E-state index contributed by atoms with van der Waals surface area (Å²) in [5.41, 5.74) is 8.07. The Bertz CT molecular complexity index is 549. The van der Waals surface area contributed by atoms with Gasteiger partial charge in [0.2, 0.25) is 5.91 Å². The van der Waals surface area contributed by atoms with Gasteiger partial charge >= 0.3 is 0 Å². The van der Waals surface area contributed by atoms with Crippen LogP contribution in [0.2, 0.25) is 0 Å². The molecule has 1 aromatic rings. The highest BCUT2D eigenvalue weighted by molar-refractivity contribution is 6.08. The Morgan fingerprint density at radius 2 is 1.78 bits per heavy atom. The average molecular weight is 320 g/mol. The number of methoxy groups -OCH3 is 2. The van der Waals surface area contributed by atoms with Crippen LogP contribution < -0.4 is 10.6 Å². The van der Waals surface area contributed by atoms with Crippen LogP contribution in [0, 0.1) is 5.92 Å². The second-order valence-corrected chi connectivity index (χ2v) is 6.65. The van der Waals surface area contributed by atoms with Crippen molar-refractivity contribution < 1.29 is 14.3 Å². The minimum absolute atomic E-state index is 0.140. The molecule has 1 aromatic carbocycles. The summed E-state index contributed by atoms with van der Waals surface area (Å²) in [6.07, 6.45) is 1.27. The maximum absolute atomic E-state index is 13.3. The summed E-state index contributed by atoms with van der Waals surface area (Å²) < 4.78 is 10.6. The third-order valence-electron chi connectivity index (χ3n) is 4.50. The van der Waals surface area contributed by atoms with Gasteiger partial charge in [0, 0.05) is 45.4 Å². The molecule has 1 heterocycles. The normalized spacial score (nSPS) is 16.2. The molecular weight excluding hydrogens is 292 g/mol. The number of nitrogens with two attached hydrogens (primary N) is 1. The third-order valence-corrected chi connectivity index (χ3v) is 4.50. The Morgan fingerprint density at radius 3 is 2.30 bits per heavy atom. The Kier molecular flexibility index (Phi) is 5.65. The first-order chi connectivity index (χ1) is 11.0. The van der Waals surface area contributed by atoms with Crippen LogP contribution in [0.25, 0.3) is 0 Å². The van der Waals surface area contributed by atoms with Gasteiger partial charge in [0.1, 0.15) is 0 Å². The highest BCUT2D eigenvalue weighted by atomic mass is 16.5. The summed E-state index contributed by atoms with van der Waals surface area (Å²) in [6.45, 7) is 6.00. The smallest absolute Gasteiger partial charge is 0.237 e. The molecule has 0 spiro atoms. The molecule has 1 aliphatic heterocycles. The maximum atomic E-state index is 13.3. The fourth-order valence-corrected chi connectivity index (χ4v) is 3.36. The van der Waals surface area contributed by atoms with Gasteiger partial charge in [-0.05, 0) is 42.5 Å². The first-order valence-electron chi connectivity index (χ1n) is 8.16. The van der Waals surface area contributed by atoms with Crippen LogP contribution in [0.1, 0.15) is 32.3 Å². The van der Waals surface area contributed by atoms with Gasteiger partial charge in [0.25, 0.3) is 0 Å². The van der Waals surface area contributed by atoms with E-state index < -0.39 is 5.41 Å². The molecule has 0 radical (unpaired) electrons. The summed E-state index contributed by atoms with van der Waals surface area (Å²) in [7, 11) is 3.32. The van der Waals surface area contributed by atoms with Crippen molar-refractivity contribution >= 4 is 17.3 Å². The molecule has 128 valence electrons. The number of ether oxygens (including phenoxy) is 2. The highest BCUT2D eigenvalue weighted by Crippen LogP contribution is 2.47. The molecule has 0 fully saturated rings. The van der Waals surface area contributed by atoms with Crippen LogP contribution in [0.5, 0.6) is 0 Å². The van der Waals surface area contributed by atoms with Crippen molar-refractivity contribution in [2.75, 3.05) is 44.6 Å². The maximum Gasteiger partial charge on any atom is 0.237 e. The second kappa shape index (κ2) is 7.32. The van der Waals surface area contributed by atoms with E-state index in [0.29, 0.717) is 44.2 Å². The van der Waals surface area contributed by atoms with Crippen molar-refractivity contribution in [2.45, 2.75) is 32.1 Å². The van der Waals surface area contributed by atoms with Gasteiger partial charge in [-0.2, -0.15) is 0 Å². The number of nitrogen functional groups attached to an aromatic ring is 1. The molecule has 23 heavy (non-hydrogen) atoms. The number of amides is 1. The lowest BCUT2D eigenvalue weighted by atomic mass is 9.76. The number of anilines is 2. The largest absolute Gasteiger partial charge is 0.399 e. The second-order valence-electron chi connectivity index (χ2n) is 6.65. The van der Waals surface area contributed by atoms with E-state index in [2.05, 4.69) is 13.8 Å². The fourth-order valence-electron chi connectivity index (χ4n) is 3.36. The molecule has 1 aliphatic rings. The Labute approximate surface area is 138 Å². The molecule has 2 N–H and O–H groups in total. The molecule has 2 rings (SSSR count). The number of benzene rings is 1. The molecule has 0 aromatic heterocycles. The van der Waals surface area contributed by atoms with Gasteiger partial charge in [-0.15, -0.1) is 0 Å². The van der Waals surface area contributed by atoms with Crippen LogP contribution in [0.3, 0.4) is 0 Å². The van der Waals surface area contributed by atoms with Crippen LogP contribution in [-0.2, 0) is 19.7 Å². The molecule has 0 unspecified atom stereocenters. The zero-order valence-electron chi connectivity index (χ0n) is 14.6. The standard InChI is InChI=1S/C18H28N2O3/c1-13(2)12-20-16-6-5-14(19)11-15(16)18(17(20)21,7-9-22-3)8-10-23-4/h5-6,11,13H,7-10,12,19H2,1-4H3. The Morgan fingerprint density at radius 1 is 1.17 bits per heavy atom. The highest BCUT2D eigenvalue weighted by Gasteiger charge is 2.50. The van der Waals surface area contributed by atoms with E-state index in [1.807, 2.05) is 23.1 Å². The number of hydrogen-bond acceptors (Lipinski definition) is 4. The third kappa shape index (κ3) is 3.35. The Balaban J connectivity index is 2.51. The zero-order chi connectivity index (χ0) is 17.0. The number of carbonyl (C=O) groups excluding carboxylic acids is 1. The predicted octanol–water partition coefficient (Wildman–Crippen LogP) is 2.58. The quantitative estimate of drug-likeness (QED) is 0.748. The molecule has 0 atom stereocenters. The van der Waals surface area contributed by atoms with Gasteiger partial charge in [-0.1, -0.05) is 13.8 Å². The minimum atomic E-state index is -0.606. The van der Waals surface area contributed by atoms with E-state index in [1.54, 1.807) is 14.2 Å². The number of fused-ring (bicyclic) bond motifs is 1. The summed E-state index contributed by atoms with van der Waals surface area (Å²) in [5, 5.41) is 0. The van der Waals surface area contributed by atoms with Gasteiger partial charge in [-0.25, -0.2) is 0 Å². The van der Waals surface area contributed by atoms with Gasteiger partial charge in [0.15, 0.2) is 0 Å². The summed E-state index contributed by atoms with van der Waals surface area (Å²) in [5.74, 6) is 0.533. The van der Waals surface area contributed by atoms with Crippen molar-refractivity contribution in [3.05, 3.63) is 23.8 Å². The SMILES string of the molecule is COCCC1(CCOC)C(=O)N(CC(C)C)c2ccc(N)cc21. The van der Waals surface area contributed by atoms with E-state index >= 15 is 0 Å². The van der Waals surface area contributed by atoms with Crippen molar-refractivity contribution in [1.29, 1.82) is 0 Å². The number of carbonyl (C=O) groups is 1. The van der Waals surface area contributed by atoms with Crippen molar-refractivity contribution in [2.24, 2.45) is 5.92 Å². The summed E-state index contributed by atoms with van der Waals surface area (Å²) in [6, 6.07) is 5.77. The van der Waals surface area contributed by atoms with Gasteiger partial charge < -0.3 is 20.1 Å². The molecule has 5 nitrogen and oxygen atoms in total. The van der Waals surface area contributed by atoms with Crippen LogP contribution in [-0.4, -0.2) is 39.9 Å². The predicted molar refractivity (Wildman–Crippen MR) is 92.7 cm³/mol. The monoisotopic (exact) mass is 320 g/mol. The average Bonchev–Trinajstić information content (AvgIpc) is 2.73. The topological polar surface area (TPSA) is 64.8 Å². The summed E-state index contributed by atoms with van der Waals surface area (Å²) in [4.78, 5) is 15.2. The van der Waals surface area contributed by atoms with Crippen LogP contribution in [0.15, 0.2) is 18.2 Å². The number of nitrogens with zero attached hydrogens (tertiary/aromatic N) is 1.